The van der Waals surface area contributed by atoms with Crippen LogP contribution in [0.4, 0.5) is 0 Å². The van der Waals surface area contributed by atoms with Crippen LogP contribution in [0.2, 0.25) is 0 Å². The molecular weight excluding hydrogens is 228 g/mol. The van der Waals surface area contributed by atoms with E-state index < -0.39 is 6.10 Å². The van der Waals surface area contributed by atoms with E-state index in [4.69, 9.17) is 9.47 Å². The van der Waals surface area contributed by atoms with Gasteiger partial charge in [-0.15, -0.1) is 0 Å². The van der Waals surface area contributed by atoms with Gasteiger partial charge in [-0.25, -0.2) is 0 Å². The Morgan fingerprint density at radius 1 is 1.28 bits per heavy atom. The molecule has 1 saturated carbocycles. The highest BCUT2D eigenvalue weighted by Gasteiger charge is 2.41. The monoisotopic (exact) mass is 248 g/mol. The molecule has 1 aromatic rings. The van der Waals surface area contributed by atoms with Gasteiger partial charge in [0.25, 0.3) is 0 Å². The highest BCUT2D eigenvalue weighted by molar-refractivity contribution is 5.43. The highest BCUT2D eigenvalue weighted by Crippen LogP contribution is 2.46. The third kappa shape index (κ3) is 1.97. The highest BCUT2D eigenvalue weighted by atomic mass is 16.5. The molecule has 1 aromatic carbocycles. The third-order valence-electron chi connectivity index (χ3n) is 4.23. The minimum atomic E-state index is -0.429. The fourth-order valence-electron chi connectivity index (χ4n) is 3.25. The summed E-state index contributed by atoms with van der Waals surface area (Å²) in [6.45, 7) is 0. The molecule has 1 aliphatic heterocycles. The Kier molecular flexibility index (Phi) is 2.94. The fraction of sp³-hybridized carbons (Fsp3) is 0.600. The van der Waals surface area contributed by atoms with Gasteiger partial charge in [0.2, 0.25) is 0 Å². The molecule has 3 heteroatoms. The summed E-state index contributed by atoms with van der Waals surface area (Å²) in [5, 5.41) is 10.4. The number of aliphatic hydroxyl groups excluding tert-OH is 1. The normalized spacial score (nSPS) is 25.3. The predicted octanol–water partition coefficient (Wildman–Crippen LogP) is 3.21. The van der Waals surface area contributed by atoms with Crippen molar-refractivity contribution in [2.24, 2.45) is 0 Å². The van der Waals surface area contributed by atoms with Gasteiger partial charge in [-0.05, 0) is 43.9 Å². The first kappa shape index (κ1) is 11.8. The van der Waals surface area contributed by atoms with Crippen LogP contribution >= 0.6 is 0 Å². The van der Waals surface area contributed by atoms with Crippen molar-refractivity contribution >= 4 is 0 Å². The van der Waals surface area contributed by atoms with Gasteiger partial charge in [0, 0.05) is 12.0 Å². The molecule has 0 bridgehead atoms. The third-order valence-corrected chi connectivity index (χ3v) is 4.23. The van der Waals surface area contributed by atoms with Crippen LogP contribution in [-0.2, 0) is 0 Å². The summed E-state index contributed by atoms with van der Waals surface area (Å²) in [7, 11) is 1.64. The van der Waals surface area contributed by atoms with Crippen molar-refractivity contribution in [2.45, 2.75) is 50.2 Å². The van der Waals surface area contributed by atoms with Gasteiger partial charge in [-0.3, -0.25) is 0 Å². The van der Waals surface area contributed by atoms with Gasteiger partial charge in [-0.2, -0.15) is 0 Å². The number of fused-ring (bicyclic) bond motifs is 1. The largest absolute Gasteiger partial charge is 0.497 e. The molecule has 1 spiro atoms. The summed E-state index contributed by atoms with van der Waals surface area (Å²) in [5.74, 6) is 1.60. The summed E-state index contributed by atoms with van der Waals surface area (Å²) >= 11 is 0. The Labute approximate surface area is 108 Å². The van der Waals surface area contributed by atoms with Crippen molar-refractivity contribution in [3.63, 3.8) is 0 Å². The molecule has 2 aliphatic rings. The SMILES string of the molecule is COc1ccc2c(c1)[C@H](O)CC1(CCCCC1)O2. The lowest BCUT2D eigenvalue weighted by atomic mass is 9.78. The standard InChI is InChI=1S/C15H20O3/c1-17-11-5-6-14-12(9-11)13(16)10-15(18-14)7-3-2-4-8-15/h5-6,9,13,16H,2-4,7-8,10H2,1H3/t13-/m1/s1. The van der Waals surface area contributed by atoms with Gasteiger partial charge in [0.15, 0.2) is 0 Å². The van der Waals surface area contributed by atoms with Crippen molar-refractivity contribution in [3.05, 3.63) is 23.8 Å². The molecule has 0 unspecified atom stereocenters. The first-order valence-electron chi connectivity index (χ1n) is 6.77. The summed E-state index contributed by atoms with van der Waals surface area (Å²) in [6.07, 6.45) is 6.12. The van der Waals surface area contributed by atoms with E-state index in [0.29, 0.717) is 6.42 Å². The number of aliphatic hydroxyl groups is 1. The zero-order chi connectivity index (χ0) is 12.6. The second kappa shape index (κ2) is 4.47. The summed E-state index contributed by atoms with van der Waals surface area (Å²) in [6, 6.07) is 5.70. The Hall–Kier alpha value is -1.22. The van der Waals surface area contributed by atoms with Crippen LogP contribution in [0.3, 0.4) is 0 Å². The van der Waals surface area contributed by atoms with Crippen molar-refractivity contribution in [3.8, 4) is 11.5 Å². The molecule has 18 heavy (non-hydrogen) atoms. The van der Waals surface area contributed by atoms with Gasteiger partial charge in [-0.1, -0.05) is 6.42 Å². The number of rotatable bonds is 1. The Bertz CT molecular complexity index is 435. The van der Waals surface area contributed by atoms with Crippen molar-refractivity contribution in [2.75, 3.05) is 7.11 Å². The van der Waals surface area contributed by atoms with Crippen LogP contribution < -0.4 is 9.47 Å². The Morgan fingerprint density at radius 3 is 2.78 bits per heavy atom. The van der Waals surface area contributed by atoms with E-state index in [1.165, 1.54) is 19.3 Å². The van der Waals surface area contributed by atoms with E-state index in [-0.39, 0.29) is 5.60 Å². The Morgan fingerprint density at radius 2 is 2.06 bits per heavy atom. The number of ether oxygens (including phenoxy) is 2. The van der Waals surface area contributed by atoms with Crippen LogP contribution in [0, 0.1) is 0 Å². The maximum atomic E-state index is 10.4. The molecule has 0 amide bonds. The van der Waals surface area contributed by atoms with Crippen molar-refractivity contribution in [1.29, 1.82) is 0 Å². The van der Waals surface area contributed by atoms with Crippen LogP contribution in [0.5, 0.6) is 11.5 Å². The first-order valence-corrected chi connectivity index (χ1v) is 6.77. The van der Waals surface area contributed by atoms with E-state index >= 15 is 0 Å². The van der Waals surface area contributed by atoms with Crippen molar-refractivity contribution in [1.82, 2.24) is 0 Å². The average molecular weight is 248 g/mol. The number of hydrogen-bond donors (Lipinski definition) is 1. The topological polar surface area (TPSA) is 38.7 Å². The maximum Gasteiger partial charge on any atom is 0.126 e. The molecular formula is C15H20O3. The van der Waals surface area contributed by atoms with E-state index in [0.717, 1.165) is 29.9 Å². The molecule has 0 radical (unpaired) electrons. The van der Waals surface area contributed by atoms with Gasteiger partial charge in [0.05, 0.1) is 13.2 Å². The van der Waals surface area contributed by atoms with Crippen LogP contribution in [-0.4, -0.2) is 17.8 Å². The van der Waals surface area contributed by atoms with Gasteiger partial charge < -0.3 is 14.6 Å². The molecule has 3 rings (SSSR count). The zero-order valence-corrected chi connectivity index (χ0v) is 10.8. The number of methoxy groups -OCH3 is 1. The fourth-order valence-corrected chi connectivity index (χ4v) is 3.25. The van der Waals surface area contributed by atoms with Crippen LogP contribution in [0.25, 0.3) is 0 Å². The van der Waals surface area contributed by atoms with E-state index in [9.17, 15) is 5.11 Å². The molecule has 1 atom stereocenters. The summed E-state index contributed by atoms with van der Waals surface area (Å²) in [4.78, 5) is 0. The smallest absolute Gasteiger partial charge is 0.126 e. The van der Waals surface area contributed by atoms with Gasteiger partial charge >= 0.3 is 0 Å². The molecule has 1 heterocycles. The number of benzene rings is 1. The molecule has 1 aliphatic carbocycles. The minimum Gasteiger partial charge on any atom is -0.497 e. The molecule has 3 nitrogen and oxygen atoms in total. The second-order valence-electron chi connectivity index (χ2n) is 5.47. The minimum absolute atomic E-state index is 0.126. The van der Waals surface area contributed by atoms with Crippen LogP contribution in [0.15, 0.2) is 18.2 Å². The molecule has 98 valence electrons. The first-order chi connectivity index (χ1) is 8.72. The predicted molar refractivity (Wildman–Crippen MR) is 69.0 cm³/mol. The van der Waals surface area contributed by atoms with Crippen molar-refractivity contribution < 1.29 is 14.6 Å². The Balaban J connectivity index is 1.92. The number of hydrogen-bond acceptors (Lipinski definition) is 3. The van der Waals surface area contributed by atoms with E-state index in [1.807, 2.05) is 18.2 Å². The lowest BCUT2D eigenvalue weighted by molar-refractivity contribution is -0.0382. The summed E-state index contributed by atoms with van der Waals surface area (Å²) in [5.41, 5.74) is 0.741. The summed E-state index contributed by atoms with van der Waals surface area (Å²) < 4.78 is 11.4. The van der Waals surface area contributed by atoms with Crippen LogP contribution in [0.1, 0.15) is 50.2 Å². The molecule has 1 fully saturated rings. The van der Waals surface area contributed by atoms with Gasteiger partial charge in [0.1, 0.15) is 17.1 Å². The second-order valence-corrected chi connectivity index (χ2v) is 5.47. The van der Waals surface area contributed by atoms with E-state index in [2.05, 4.69) is 0 Å². The molecule has 1 N–H and O–H groups in total. The lowest BCUT2D eigenvalue weighted by Gasteiger charge is -2.43. The average Bonchev–Trinajstić information content (AvgIpc) is 2.39. The zero-order valence-electron chi connectivity index (χ0n) is 10.8. The molecule has 0 aromatic heterocycles. The molecule has 0 saturated heterocycles. The maximum absolute atomic E-state index is 10.4. The quantitative estimate of drug-likeness (QED) is 0.829. The lowest BCUT2D eigenvalue weighted by Crippen LogP contribution is -2.42. The van der Waals surface area contributed by atoms with E-state index in [1.54, 1.807) is 7.11 Å².